The monoisotopic (exact) mass is 385 g/mol. The molecule has 2 N–H and O–H groups in total. The summed E-state index contributed by atoms with van der Waals surface area (Å²) in [6.07, 6.45) is 0.232. The molecule has 0 fully saturated rings. The zero-order valence-electron chi connectivity index (χ0n) is 15.2. The molecule has 3 rings (SSSR count). The van der Waals surface area contributed by atoms with Gasteiger partial charge in [0.2, 0.25) is 0 Å². The molecule has 0 radical (unpaired) electrons. The van der Waals surface area contributed by atoms with E-state index in [9.17, 15) is 14.4 Å². The molecule has 1 aliphatic carbocycles. The first-order valence-electron chi connectivity index (χ1n) is 8.56. The summed E-state index contributed by atoms with van der Waals surface area (Å²) in [5, 5.41) is 18.7. The van der Waals surface area contributed by atoms with Crippen molar-refractivity contribution in [1.29, 1.82) is 0 Å². The molecular formula is C20H19NO7. The number of fused-ring (bicyclic) bond motifs is 2. The third-order valence-corrected chi connectivity index (χ3v) is 4.36. The molecule has 1 aromatic rings. The molecule has 1 heterocycles. The number of hydrogen-bond donors (Lipinski definition) is 2. The van der Waals surface area contributed by atoms with Crippen LogP contribution in [-0.4, -0.2) is 53.8 Å². The van der Waals surface area contributed by atoms with Crippen molar-refractivity contribution in [3.8, 4) is 17.1 Å². The molecule has 0 bridgehead atoms. The highest BCUT2D eigenvalue weighted by Crippen LogP contribution is 2.30. The third kappa shape index (κ3) is 4.47. The molecule has 0 unspecified atom stereocenters. The van der Waals surface area contributed by atoms with Gasteiger partial charge in [0, 0.05) is 35.2 Å². The molecule has 0 saturated carbocycles. The Hall–Kier alpha value is -3.39. The minimum Gasteiger partial charge on any atom is -0.497 e. The number of ether oxygens (including phenoxy) is 1. The van der Waals surface area contributed by atoms with Gasteiger partial charge in [0.1, 0.15) is 17.1 Å². The lowest BCUT2D eigenvalue weighted by atomic mass is 10.0. The van der Waals surface area contributed by atoms with Gasteiger partial charge in [0.05, 0.1) is 20.2 Å². The van der Waals surface area contributed by atoms with E-state index in [1.54, 1.807) is 19.2 Å². The molecule has 0 saturated heterocycles. The summed E-state index contributed by atoms with van der Waals surface area (Å²) >= 11 is 0. The molecule has 0 atom stereocenters. The number of carboxylic acids is 2. The Balaban J connectivity index is 1.89. The van der Waals surface area contributed by atoms with Crippen LogP contribution in [0.3, 0.4) is 0 Å². The van der Waals surface area contributed by atoms with Crippen molar-refractivity contribution in [2.45, 2.75) is 6.42 Å². The first-order valence-corrected chi connectivity index (χ1v) is 8.56. The fourth-order valence-corrected chi connectivity index (χ4v) is 3.03. The molecule has 0 spiro atoms. The summed E-state index contributed by atoms with van der Waals surface area (Å²) < 4.78 is 11.0. The van der Waals surface area contributed by atoms with Crippen molar-refractivity contribution >= 4 is 22.9 Å². The van der Waals surface area contributed by atoms with Gasteiger partial charge in [0.15, 0.2) is 5.43 Å². The number of benzene rings is 2. The summed E-state index contributed by atoms with van der Waals surface area (Å²) in [5.41, 5.74) is 1.55. The summed E-state index contributed by atoms with van der Waals surface area (Å²) in [5.74, 6) is -1.17. The SMILES string of the molecule is COc1ccc2cc3cc(CCN(CC(=O)O)CC(=O)O)c(=O)cc-3oc2c1. The fourth-order valence-electron chi connectivity index (χ4n) is 3.03. The van der Waals surface area contributed by atoms with Crippen LogP contribution in [0.1, 0.15) is 5.56 Å². The summed E-state index contributed by atoms with van der Waals surface area (Å²) in [6.45, 7) is -0.674. The van der Waals surface area contributed by atoms with E-state index >= 15 is 0 Å². The van der Waals surface area contributed by atoms with Gasteiger partial charge in [-0.15, -0.1) is 0 Å². The zero-order chi connectivity index (χ0) is 20.3. The van der Waals surface area contributed by atoms with Crippen molar-refractivity contribution in [2.24, 2.45) is 0 Å². The standard InChI is InChI=1S/C20H19NO7/c1-27-15-3-2-13-7-14-6-12(16(22)9-18(14)28-17(13)8-15)4-5-21(10-19(23)24)11-20(25)26/h2-3,6-9H,4-5,10-11H2,1H3,(H,23,24)(H,25,26). The highest BCUT2D eigenvalue weighted by atomic mass is 16.5. The highest BCUT2D eigenvalue weighted by Gasteiger charge is 2.16. The molecule has 8 heteroatoms. The number of nitrogens with zero attached hydrogens (tertiary/aromatic N) is 1. The van der Waals surface area contributed by atoms with E-state index in [-0.39, 0.29) is 18.4 Å². The maximum absolute atomic E-state index is 12.4. The third-order valence-electron chi connectivity index (χ3n) is 4.36. The van der Waals surface area contributed by atoms with Crippen molar-refractivity contribution in [3.63, 3.8) is 0 Å². The van der Waals surface area contributed by atoms with Crippen LogP contribution in [0.15, 0.2) is 45.6 Å². The van der Waals surface area contributed by atoms with Crippen LogP contribution >= 0.6 is 0 Å². The number of carboxylic acid groups (broad SMARTS) is 2. The minimum atomic E-state index is -1.12. The Labute approximate surface area is 159 Å². The fraction of sp³-hybridized carbons (Fsp3) is 0.250. The molecule has 146 valence electrons. The van der Waals surface area contributed by atoms with Gasteiger partial charge in [0.25, 0.3) is 0 Å². The number of hydrogen-bond acceptors (Lipinski definition) is 6. The highest BCUT2D eigenvalue weighted by molar-refractivity contribution is 5.84. The Kier molecular flexibility index (Phi) is 5.60. The van der Waals surface area contributed by atoms with Gasteiger partial charge in [-0.1, -0.05) is 0 Å². The Bertz CT molecular complexity index is 1040. The maximum atomic E-state index is 12.4. The Morgan fingerprint density at radius 2 is 1.79 bits per heavy atom. The Morgan fingerprint density at radius 1 is 1.07 bits per heavy atom. The lowest BCUT2D eigenvalue weighted by molar-refractivity contribution is -0.141. The predicted octanol–water partition coefficient (Wildman–Crippen LogP) is 1.92. The molecule has 1 aliphatic heterocycles. The quantitative estimate of drug-likeness (QED) is 0.565. The largest absolute Gasteiger partial charge is 0.497 e. The van der Waals surface area contributed by atoms with Crippen molar-refractivity contribution in [2.75, 3.05) is 26.7 Å². The average molecular weight is 385 g/mol. The number of aliphatic carboxylic acids is 2. The van der Waals surface area contributed by atoms with Crippen LogP contribution in [0.25, 0.3) is 22.3 Å². The van der Waals surface area contributed by atoms with Crippen molar-refractivity contribution in [1.82, 2.24) is 4.90 Å². The van der Waals surface area contributed by atoms with Gasteiger partial charge in [-0.05, 0) is 30.7 Å². The molecular weight excluding hydrogens is 366 g/mol. The second-order valence-corrected chi connectivity index (χ2v) is 6.40. The molecule has 8 nitrogen and oxygen atoms in total. The minimum absolute atomic E-state index is 0.140. The Morgan fingerprint density at radius 3 is 2.43 bits per heavy atom. The van der Waals surface area contributed by atoms with Gasteiger partial charge in [-0.3, -0.25) is 19.3 Å². The number of methoxy groups -OCH3 is 1. The van der Waals surface area contributed by atoms with E-state index in [1.165, 1.54) is 11.0 Å². The van der Waals surface area contributed by atoms with Gasteiger partial charge < -0.3 is 19.4 Å². The van der Waals surface area contributed by atoms with Crippen LogP contribution in [0, 0.1) is 0 Å². The normalized spacial score (nSPS) is 11.2. The van der Waals surface area contributed by atoms with E-state index in [0.29, 0.717) is 22.7 Å². The van der Waals surface area contributed by atoms with Gasteiger partial charge in [-0.25, -0.2) is 0 Å². The molecule has 1 aromatic carbocycles. The first-order chi connectivity index (χ1) is 13.4. The van der Waals surface area contributed by atoms with Crippen LogP contribution in [-0.2, 0) is 16.0 Å². The van der Waals surface area contributed by atoms with Gasteiger partial charge in [-0.2, -0.15) is 0 Å². The van der Waals surface area contributed by atoms with E-state index in [0.717, 1.165) is 10.9 Å². The maximum Gasteiger partial charge on any atom is 0.317 e. The van der Waals surface area contributed by atoms with E-state index < -0.39 is 25.0 Å². The second-order valence-electron chi connectivity index (χ2n) is 6.40. The lowest BCUT2D eigenvalue weighted by Crippen LogP contribution is -2.36. The topological polar surface area (TPSA) is 117 Å². The number of carbonyl (C=O) groups is 2. The van der Waals surface area contributed by atoms with E-state index in [2.05, 4.69) is 0 Å². The zero-order valence-corrected chi connectivity index (χ0v) is 15.2. The van der Waals surface area contributed by atoms with Crippen LogP contribution in [0.2, 0.25) is 0 Å². The average Bonchev–Trinajstić information content (AvgIpc) is 2.63. The summed E-state index contributed by atoms with van der Waals surface area (Å²) in [4.78, 5) is 35.5. The molecule has 2 aliphatic rings. The van der Waals surface area contributed by atoms with Crippen molar-refractivity contribution < 1.29 is 29.0 Å². The number of rotatable bonds is 8. The molecule has 0 aromatic heterocycles. The van der Waals surface area contributed by atoms with Crippen LogP contribution in [0.5, 0.6) is 5.75 Å². The van der Waals surface area contributed by atoms with E-state index in [4.69, 9.17) is 19.4 Å². The molecule has 0 amide bonds. The lowest BCUT2D eigenvalue weighted by Gasteiger charge is -2.18. The molecule has 28 heavy (non-hydrogen) atoms. The summed E-state index contributed by atoms with van der Waals surface area (Å²) in [7, 11) is 1.56. The van der Waals surface area contributed by atoms with Gasteiger partial charge >= 0.3 is 11.9 Å². The summed E-state index contributed by atoms with van der Waals surface area (Å²) in [6, 6.07) is 10.4. The smallest absolute Gasteiger partial charge is 0.317 e. The second kappa shape index (κ2) is 8.10. The van der Waals surface area contributed by atoms with Crippen LogP contribution < -0.4 is 10.2 Å². The van der Waals surface area contributed by atoms with Crippen molar-refractivity contribution in [3.05, 3.63) is 52.2 Å². The van der Waals surface area contributed by atoms with E-state index in [1.807, 2.05) is 18.2 Å². The van der Waals surface area contributed by atoms with Crippen LogP contribution in [0.4, 0.5) is 0 Å². The first kappa shape index (κ1) is 19.4. The predicted molar refractivity (Wildman–Crippen MR) is 101 cm³/mol.